The fourth-order valence-corrected chi connectivity index (χ4v) is 1.59. The molecule has 3 heteroatoms. The molecular formula is C11H17NO2. The summed E-state index contributed by atoms with van der Waals surface area (Å²) in [6.07, 6.45) is 0.827. The molecule has 1 aromatic rings. The van der Waals surface area contributed by atoms with Crippen LogP contribution in [0.25, 0.3) is 0 Å². The van der Waals surface area contributed by atoms with Crippen LogP contribution in [0.3, 0.4) is 0 Å². The van der Waals surface area contributed by atoms with Gasteiger partial charge in [0.2, 0.25) is 0 Å². The Kier molecular flexibility index (Phi) is 3.77. The second-order valence-electron chi connectivity index (χ2n) is 3.12. The quantitative estimate of drug-likeness (QED) is 0.792. The Labute approximate surface area is 84.8 Å². The van der Waals surface area contributed by atoms with Gasteiger partial charge in [-0.2, -0.15) is 0 Å². The first-order valence-electron chi connectivity index (χ1n) is 4.65. The Morgan fingerprint density at radius 1 is 1.21 bits per heavy atom. The molecule has 2 N–H and O–H groups in total. The van der Waals surface area contributed by atoms with E-state index in [9.17, 15) is 0 Å². The van der Waals surface area contributed by atoms with Crippen LogP contribution in [0.5, 0.6) is 11.5 Å². The topological polar surface area (TPSA) is 44.5 Å². The second-order valence-corrected chi connectivity index (χ2v) is 3.12. The van der Waals surface area contributed by atoms with Crippen molar-refractivity contribution >= 4 is 0 Å². The molecule has 0 amide bonds. The van der Waals surface area contributed by atoms with Crippen molar-refractivity contribution in [1.29, 1.82) is 0 Å². The monoisotopic (exact) mass is 195 g/mol. The molecule has 0 radical (unpaired) electrons. The average molecular weight is 195 g/mol. The molecule has 0 spiro atoms. The van der Waals surface area contributed by atoms with E-state index < -0.39 is 0 Å². The molecule has 0 aliphatic rings. The minimum absolute atomic E-state index is 0.627. The van der Waals surface area contributed by atoms with Crippen molar-refractivity contribution in [2.75, 3.05) is 20.8 Å². The minimum atomic E-state index is 0.627. The van der Waals surface area contributed by atoms with Gasteiger partial charge >= 0.3 is 0 Å². The molecule has 0 atom stereocenters. The van der Waals surface area contributed by atoms with E-state index in [4.69, 9.17) is 15.2 Å². The van der Waals surface area contributed by atoms with E-state index in [1.54, 1.807) is 14.2 Å². The normalized spacial score (nSPS) is 10.0. The standard InChI is InChI=1S/C11H17NO2/c1-8-10(13-2)5-4-9(6-7-12)11(8)14-3/h4-5H,6-7,12H2,1-3H3. The van der Waals surface area contributed by atoms with Crippen molar-refractivity contribution < 1.29 is 9.47 Å². The van der Waals surface area contributed by atoms with Gasteiger partial charge in [0, 0.05) is 5.56 Å². The third kappa shape index (κ3) is 1.99. The predicted octanol–water partition coefficient (Wildman–Crippen LogP) is 1.51. The largest absolute Gasteiger partial charge is 0.496 e. The van der Waals surface area contributed by atoms with E-state index in [1.165, 1.54) is 0 Å². The number of ether oxygens (including phenoxy) is 2. The third-order valence-electron chi connectivity index (χ3n) is 2.28. The van der Waals surface area contributed by atoms with Gasteiger partial charge in [-0.1, -0.05) is 6.07 Å². The van der Waals surface area contributed by atoms with Crippen LogP contribution < -0.4 is 15.2 Å². The minimum Gasteiger partial charge on any atom is -0.496 e. The molecule has 0 fully saturated rings. The van der Waals surface area contributed by atoms with Gasteiger partial charge in [0.15, 0.2) is 0 Å². The molecule has 0 aliphatic heterocycles. The highest BCUT2D eigenvalue weighted by Crippen LogP contribution is 2.31. The lowest BCUT2D eigenvalue weighted by atomic mass is 10.1. The lowest BCUT2D eigenvalue weighted by Gasteiger charge is -2.13. The first-order valence-corrected chi connectivity index (χ1v) is 4.65. The van der Waals surface area contributed by atoms with Crippen molar-refractivity contribution in [2.45, 2.75) is 13.3 Å². The summed E-state index contributed by atoms with van der Waals surface area (Å²) in [5.74, 6) is 1.73. The highest BCUT2D eigenvalue weighted by atomic mass is 16.5. The molecule has 0 bridgehead atoms. The van der Waals surface area contributed by atoms with E-state index in [1.807, 2.05) is 19.1 Å². The number of benzene rings is 1. The molecule has 0 saturated heterocycles. The molecule has 0 unspecified atom stereocenters. The molecule has 0 aliphatic carbocycles. The van der Waals surface area contributed by atoms with Crippen molar-refractivity contribution in [1.82, 2.24) is 0 Å². The van der Waals surface area contributed by atoms with E-state index >= 15 is 0 Å². The molecule has 3 nitrogen and oxygen atoms in total. The molecule has 78 valence electrons. The summed E-state index contributed by atoms with van der Waals surface area (Å²) in [5, 5.41) is 0. The fourth-order valence-electron chi connectivity index (χ4n) is 1.59. The Balaban J connectivity index is 3.14. The summed E-state index contributed by atoms with van der Waals surface area (Å²) in [6, 6.07) is 3.94. The fraction of sp³-hybridized carbons (Fsp3) is 0.455. The molecule has 1 aromatic carbocycles. The van der Waals surface area contributed by atoms with Crippen LogP contribution in [-0.2, 0) is 6.42 Å². The first-order chi connectivity index (χ1) is 6.74. The zero-order valence-corrected chi connectivity index (χ0v) is 8.96. The Bertz CT molecular complexity index is 310. The van der Waals surface area contributed by atoms with Gasteiger partial charge in [0.25, 0.3) is 0 Å². The van der Waals surface area contributed by atoms with Gasteiger partial charge in [-0.25, -0.2) is 0 Å². The van der Waals surface area contributed by atoms with E-state index in [-0.39, 0.29) is 0 Å². The van der Waals surface area contributed by atoms with Gasteiger partial charge < -0.3 is 15.2 Å². The van der Waals surface area contributed by atoms with Crippen LogP contribution in [0.1, 0.15) is 11.1 Å². The van der Waals surface area contributed by atoms with Crippen molar-refractivity contribution in [3.63, 3.8) is 0 Å². The number of nitrogens with two attached hydrogens (primary N) is 1. The zero-order valence-electron chi connectivity index (χ0n) is 8.96. The summed E-state index contributed by atoms with van der Waals surface area (Å²) in [5.41, 5.74) is 7.68. The maximum Gasteiger partial charge on any atom is 0.128 e. The molecule has 1 rings (SSSR count). The van der Waals surface area contributed by atoms with Gasteiger partial charge in [0.1, 0.15) is 11.5 Å². The summed E-state index contributed by atoms with van der Waals surface area (Å²) in [7, 11) is 3.33. The maximum atomic E-state index is 5.52. The lowest BCUT2D eigenvalue weighted by Crippen LogP contribution is -2.05. The van der Waals surface area contributed by atoms with Gasteiger partial charge in [-0.05, 0) is 31.5 Å². The highest BCUT2D eigenvalue weighted by Gasteiger charge is 2.09. The van der Waals surface area contributed by atoms with E-state index in [0.29, 0.717) is 6.54 Å². The van der Waals surface area contributed by atoms with Crippen LogP contribution in [0, 0.1) is 6.92 Å². The number of methoxy groups -OCH3 is 2. The molecular weight excluding hydrogens is 178 g/mol. The molecule has 0 aromatic heterocycles. The SMILES string of the molecule is COc1ccc(CCN)c(OC)c1C. The Morgan fingerprint density at radius 2 is 1.93 bits per heavy atom. The van der Waals surface area contributed by atoms with Crippen LogP contribution >= 0.6 is 0 Å². The lowest BCUT2D eigenvalue weighted by molar-refractivity contribution is 0.385. The van der Waals surface area contributed by atoms with Crippen molar-refractivity contribution in [3.8, 4) is 11.5 Å². The van der Waals surface area contributed by atoms with Crippen LogP contribution in [0.4, 0.5) is 0 Å². The molecule has 0 saturated carbocycles. The number of hydrogen-bond acceptors (Lipinski definition) is 3. The van der Waals surface area contributed by atoms with E-state index in [0.717, 1.165) is 29.0 Å². The Morgan fingerprint density at radius 3 is 2.43 bits per heavy atom. The van der Waals surface area contributed by atoms with Crippen molar-refractivity contribution in [3.05, 3.63) is 23.3 Å². The second kappa shape index (κ2) is 4.86. The number of hydrogen-bond donors (Lipinski definition) is 1. The van der Waals surface area contributed by atoms with E-state index in [2.05, 4.69) is 0 Å². The summed E-state index contributed by atoms with van der Waals surface area (Å²) in [6.45, 7) is 2.61. The van der Waals surface area contributed by atoms with Crippen LogP contribution in [0.2, 0.25) is 0 Å². The molecule has 0 heterocycles. The first kappa shape index (κ1) is 10.9. The molecule has 14 heavy (non-hydrogen) atoms. The van der Waals surface area contributed by atoms with Gasteiger partial charge in [-0.15, -0.1) is 0 Å². The van der Waals surface area contributed by atoms with Gasteiger partial charge in [0.05, 0.1) is 14.2 Å². The summed E-state index contributed by atoms with van der Waals surface area (Å²) < 4.78 is 10.5. The zero-order chi connectivity index (χ0) is 10.6. The average Bonchev–Trinajstić information content (AvgIpc) is 2.19. The summed E-state index contributed by atoms with van der Waals surface area (Å²) >= 11 is 0. The smallest absolute Gasteiger partial charge is 0.128 e. The summed E-state index contributed by atoms with van der Waals surface area (Å²) in [4.78, 5) is 0. The number of rotatable bonds is 4. The highest BCUT2D eigenvalue weighted by molar-refractivity contribution is 5.49. The van der Waals surface area contributed by atoms with Gasteiger partial charge in [-0.3, -0.25) is 0 Å². The van der Waals surface area contributed by atoms with Crippen LogP contribution in [-0.4, -0.2) is 20.8 Å². The predicted molar refractivity (Wildman–Crippen MR) is 57.0 cm³/mol. The van der Waals surface area contributed by atoms with Crippen molar-refractivity contribution in [2.24, 2.45) is 5.73 Å². The third-order valence-corrected chi connectivity index (χ3v) is 2.28. The Hall–Kier alpha value is -1.22. The maximum absolute atomic E-state index is 5.52. The van der Waals surface area contributed by atoms with Crippen LogP contribution in [0.15, 0.2) is 12.1 Å².